The molecule has 3 aromatic heterocycles. The van der Waals surface area contributed by atoms with Crippen LogP contribution in [0.5, 0.6) is 5.88 Å². The maximum Gasteiger partial charge on any atom is 0.213 e. The lowest BCUT2D eigenvalue weighted by atomic mass is 10.1. The zero-order valence-electron chi connectivity index (χ0n) is 12.2. The van der Waals surface area contributed by atoms with Gasteiger partial charge >= 0.3 is 0 Å². The zero-order chi connectivity index (χ0) is 15.0. The fourth-order valence-electron chi connectivity index (χ4n) is 2.16. The standard InChI is InChI=1S/C18H17N3O/c1-2-10-20-17(4-1)5-3-13-22-18-7-6-16(14-21-18)15-8-11-19-12-9-15/h1-2,4,6-12,14H,3,5,13H2. The lowest BCUT2D eigenvalue weighted by Crippen LogP contribution is -2.01. The summed E-state index contributed by atoms with van der Waals surface area (Å²) in [6, 6.07) is 13.8. The Labute approximate surface area is 129 Å². The van der Waals surface area contributed by atoms with E-state index < -0.39 is 0 Å². The van der Waals surface area contributed by atoms with Crippen LogP contribution in [-0.4, -0.2) is 21.6 Å². The second-order valence-corrected chi connectivity index (χ2v) is 4.89. The van der Waals surface area contributed by atoms with Gasteiger partial charge in [-0.2, -0.15) is 0 Å². The first-order valence-electron chi connectivity index (χ1n) is 7.31. The molecule has 0 radical (unpaired) electrons. The number of nitrogens with zero attached hydrogens (tertiary/aromatic N) is 3. The van der Waals surface area contributed by atoms with Crippen LogP contribution in [0, 0.1) is 0 Å². The third-order valence-electron chi connectivity index (χ3n) is 3.30. The van der Waals surface area contributed by atoms with Crippen LogP contribution in [0.25, 0.3) is 11.1 Å². The van der Waals surface area contributed by atoms with Crippen molar-refractivity contribution in [3.05, 3.63) is 72.9 Å². The first kappa shape index (κ1) is 14.2. The van der Waals surface area contributed by atoms with Gasteiger partial charge in [-0.3, -0.25) is 9.97 Å². The van der Waals surface area contributed by atoms with E-state index in [9.17, 15) is 0 Å². The second kappa shape index (κ2) is 7.31. The monoisotopic (exact) mass is 291 g/mol. The molecule has 0 aromatic carbocycles. The molecule has 0 amide bonds. The van der Waals surface area contributed by atoms with Gasteiger partial charge in [-0.15, -0.1) is 0 Å². The highest BCUT2D eigenvalue weighted by Crippen LogP contribution is 2.19. The van der Waals surface area contributed by atoms with Gasteiger partial charge in [-0.25, -0.2) is 4.98 Å². The summed E-state index contributed by atoms with van der Waals surface area (Å²) in [6.45, 7) is 0.637. The van der Waals surface area contributed by atoms with E-state index in [0.717, 1.165) is 29.7 Å². The number of pyridine rings is 3. The Kier molecular flexibility index (Phi) is 4.72. The number of aromatic nitrogens is 3. The van der Waals surface area contributed by atoms with Crippen LogP contribution in [0.1, 0.15) is 12.1 Å². The van der Waals surface area contributed by atoms with E-state index >= 15 is 0 Å². The van der Waals surface area contributed by atoms with Crippen LogP contribution in [0.2, 0.25) is 0 Å². The summed E-state index contributed by atoms with van der Waals surface area (Å²) >= 11 is 0. The maximum absolute atomic E-state index is 5.67. The molecule has 0 aliphatic carbocycles. The third kappa shape index (κ3) is 3.88. The average Bonchev–Trinajstić information content (AvgIpc) is 2.61. The van der Waals surface area contributed by atoms with Gasteiger partial charge in [0.2, 0.25) is 5.88 Å². The lowest BCUT2D eigenvalue weighted by molar-refractivity contribution is 0.299. The fourth-order valence-corrected chi connectivity index (χ4v) is 2.16. The van der Waals surface area contributed by atoms with E-state index in [2.05, 4.69) is 15.0 Å². The summed E-state index contributed by atoms with van der Waals surface area (Å²) in [5.41, 5.74) is 3.25. The number of ether oxygens (including phenoxy) is 1. The maximum atomic E-state index is 5.67. The summed E-state index contributed by atoms with van der Waals surface area (Å²) < 4.78 is 5.67. The van der Waals surface area contributed by atoms with Crippen molar-refractivity contribution in [3.8, 4) is 17.0 Å². The smallest absolute Gasteiger partial charge is 0.213 e. The van der Waals surface area contributed by atoms with Crippen molar-refractivity contribution in [2.45, 2.75) is 12.8 Å². The molecule has 0 aliphatic rings. The highest BCUT2D eigenvalue weighted by Gasteiger charge is 2.00. The minimum Gasteiger partial charge on any atom is -0.478 e. The molecule has 3 aromatic rings. The predicted octanol–water partition coefficient (Wildman–Crippen LogP) is 3.55. The quantitative estimate of drug-likeness (QED) is 0.652. The summed E-state index contributed by atoms with van der Waals surface area (Å²) in [7, 11) is 0. The molecular weight excluding hydrogens is 274 g/mol. The normalized spacial score (nSPS) is 10.4. The molecule has 4 heteroatoms. The second-order valence-electron chi connectivity index (χ2n) is 4.89. The van der Waals surface area contributed by atoms with Crippen molar-refractivity contribution in [2.75, 3.05) is 6.61 Å². The molecule has 22 heavy (non-hydrogen) atoms. The van der Waals surface area contributed by atoms with E-state index in [1.807, 2.05) is 54.9 Å². The fraction of sp³-hybridized carbons (Fsp3) is 0.167. The van der Waals surface area contributed by atoms with Crippen molar-refractivity contribution in [2.24, 2.45) is 0 Å². The van der Waals surface area contributed by atoms with Crippen LogP contribution in [-0.2, 0) is 6.42 Å². The van der Waals surface area contributed by atoms with Gasteiger partial charge in [0, 0.05) is 42.1 Å². The largest absolute Gasteiger partial charge is 0.478 e. The molecule has 0 bridgehead atoms. The van der Waals surface area contributed by atoms with Gasteiger partial charge < -0.3 is 4.74 Å². The highest BCUT2D eigenvalue weighted by atomic mass is 16.5. The Morgan fingerprint density at radius 1 is 0.818 bits per heavy atom. The van der Waals surface area contributed by atoms with E-state index in [-0.39, 0.29) is 0 Å². The van der Waals surface area contributed by atoms with Gasteiger partial charge in [0.1, 0.15) is 0 Å². The Balaban J connectivity index is 1.49. The molecule has 4 nitrogen and oxygen atoms in total. The van der Waals surface area contributed by atoms with E-state index in [0.29, 0.717) is 12.5 Å². The summed E-state index contributed by atoms with van der Waals surface area (Å²) in [4.78, 5) is 12.6. The molecule has 0 aliphatic heterocycles. The van der Waals surface area contributed by atoms with Crippen LogP contribution >= 0.6 is 0 Å². The van der Waals surface area contributed by atoms with Crippen molar-refractivity contribution >= 4 is 0 Å². The Bertz CT molecular complexity index is 685. The Hall–Kier alpha value is -2.75. The van der Waals surface area contributed by atoms with Crippen molar-refractivity contribution in [1.82, 2.24) is 15.0 Å². The average molecular weight is 291 g/mol. The molecule has 3 rings (SSSR count). The first-order chi connectivity index (χ1) is 10.9. The minimum absolute atomic E-state index is 0.637. The van der Waals surface area contributed by atoms with Gasteiger partial charge in [0.25, 0.3) is 0 Å². The Morgan fingerprint density at radius 3 is 2.45 bits per heavy atom. The molecule has 0 unspecified atom stereocenters. The summed E-state index contributed by atoms with van der Waals surface area (Å²) in [5, 5.41) is 0. The van der Waals surface area contributed by atoms with Crippen LogP contribution in [0.3, 0.4) is 0 Å². The van der Waals surface area contributed by atoms with Crippen LogP contribution in [0.15, 0.2) is 67.3 Å². The van der Waals surface area contributed by atoms with Gasteiger partial charge in [0.05, 0.1) is 6.61 Å². The van der Waals surface area contributed by atoms with E-state index in [4.69, 9.17) is 4.74 Å². The number of rotatable bonds is 6. The molecule has 0 spiro atoms. The van der Waals surface area contributed by atoms with Crippen molar-refractivity contribution in [3.63, 3.8) is 0 Å². The predicted molar refractivity (Wildman–Crippen MR) is 85.5 cm³/mol. The number of hydrogen-bond donors (Lipinski definition) is 0. The third-order valence-corrected chi connectivity index (χ3v) is 3.30. The van der Waals surface area contributed by atoms with Gasteiger partial charge in [0.15, 0.2) is 0 Å². The van der Waals surface area contributed by atoms with Crippen molar-refractivity contribution in [1.29, 1.82) is 0 Å². The molecule has 0 N–H and O–H groups in total. The zero-order valence-corrected chi connectivity index (χ0v) is 12.2. The molecular formula is C18H17N3O. The lowest BCUT2D eigenvalue weighted by Gasteiger charge is -2.06. The molecule has 0 saturated heterocycles. The van der Waals surface area contributed by atoms with E-state index in [1.165, 1.54) is 0 Å². The number of aryl methyl sites for hydroxylation is 1. The molecule has 0 fully saturated rings. The van der Waals surface area contributed by atoms with E-state index in [1.54, 1.807) is 12.4 Å². The first-order valence-corrected chi connectivity index (χ1v) is 7.31. The molecule has 110 valence electrons. The van der Waals surface area contributed by atoms with Gasteiger partial charge in [-0.1, -0.05) is 6.07 Å². The van der Waals surface area contributed by atoms with Crippen LogP contribution in [0.4, 0.5) is 0 Å². The highest BCUT2D eigenvalue weighted by molar-refractivity contribution is 5.61. The Morgan fingerprint density at radius 2 is 1.73 bits per heavy atom. The minimum atomic E-state index is 0.637. The topological polar surface area (TPSA) is 47.9 Å². The van der Waals surface area contributed by atoms with Crippen molar-refractivity contribution < 1.29 is 4.74 Å². The summed E-state index contributed by atoms with van der Waals surface area (Å²) in [5.74, 6) is 0.652. The van der Waals surface area contributed by atoms with Gasteiger partial charge in [-0.05, 0) is 48.7 Å². The van der Waals surface area contributed by atoms with Crippen LogP contribution < -0.4 is 4.74 Å². The molecule has 3 heterocycles. The molecule has 0 atom stereocenters. The molecule has 0 saturated carbocycles. The summed E-state index contributed by atoms with van der Waals surface area (Å²) in [6.07, 6.45) is 9.02. The number of hydrogen-bond acceptors (Lipinski definition) is 4. The SMILES string of the molecule is c1ccc(CCCOc2ccc(-c3ccncc3)cn2)nc1.